The molecule has 1 fully saturated rings. The molecule has 4 rings (SSSR count). The lowest BCUT2D eigenvalue weighted by atomic mass is 9.97. The SMILES string of the molecule is O=C(Nc1cccc2ccccc12)C1CCN(S(=O)(=O)Cc2ccc(Cl)cc2Cl)CC1. The minimum atomic E-state index is -3.53. The molecule has 0 aromatic heterocycles. The molecule has 0 unspecified atom stereocenters. The third-order valence-corrected chi connectivity index (χ3v) is 8.03. The van der Waals surface area contributed by atoms with Crippen LogP contribution in [0.1, 0.15) is 18.4 Å². The molecule has 31 heavy (non-hydrogen) atoms. The van der Waals surface area contributed by atoms with E-state index in [2.05, 4.69) is 5.32 Å². The zero-order valence-corrected chi connectivity index (χ0v) is 19.1. The maximum atomic E-state index is 12.8. The van der Waals surface area contributed by atoms with Crippen LogP contribution in [0.15, 0.2) is 60.7 Å². The Kier molecular flexibility index (Phi) is 6.53. The standard InChI is InChI=1S/C23H22Cl2N2O3S/c24-19-9-8-18(21(25)14-19)15-31(29,30)27-12-10-17(11-13-27)23(28)26-22-7-3-5-16-4-1-2-6-20(16)22/h1-9,14,17H,10-13,15H2,(H,26,28). The quantitative estimate of drug-likeness (QED) is 0.541. The van der Waals surface area contributed by atoms with Crippen LogP contribution in [0, 0.1) is 5.92 Å². The second-order valence-electron chi connectivity index (χ2n) is 7.68. The first kappa shape index (κ1) is 22.1. The van der Waals surface area contributed by atoms with Crippen LogP contribution in [0.5, 0.6) is 0 Å². The molecule has 1 aliphatic heterocycles. The van der Waals surface area contributed by atoms with Gasteiger partial charge in [0.2, 0.25) is 15.9 Å². The van der Waals surface area contributed by atoms with Gasteiger partial charge in [-0.05, 0) is 42.0 Å². The van der Waals surface area contributed by atoms with Gasteiger partial charge in [0.1, 0.15) is 0 Å². The maximum Gasteiger partial charge on any atom is 0.227 e. The second-order valence-corrected chi connectivity index (χ2v) is 10.5. The van der Waals surface area contributed by atoms with Gasteiger partial charge >= 0.3 is 0 Å². The molecule has 3 aromatic carbocycles. The van der Waals surface area contributed by atoms with Gasteiger partial charge in [0.25, 0.3) is 0 Å². The molecule has 0 radical (unpaired) electrons. The lowest BCUT2D eigenvalue weighted by Gasteiger charge is -2.30. The highest BCUT2D eigenvalue weighted by atomic mass is 35.5. The highest BCUT2D eigenvalue weighted by Crippen LogP contribution is 2.28. The van der Waals surface area contributed by atoms with Gasteiger partial charge in [0, 0.05) is 40.1 Å². The first-order valence-corrected chi connectivity index (χ1v) is 12.4. The third-order valence-electron chi connectivity index (χ3n) is 5.62. The average molecular weight is 477 g/mol. The molecule has 1 N–H and O–H groups in total. The molecule has 5 nitrogen and oxygen atoms in total. The molecule has 0 spiro atoms. The lowest BCUT2D eigenvalue weighted by molar-refractivity contribution is -0.120. The van der Waals surface area contributed by atoms with Crippen molar-refractivity contribution >= 4 is 55.6 Å². The summed E-state index contributed by atoms with van der Waals surface area (Å²) in [5.74, 6) is -0.491. The molecule has 1 aliphatic rings. The highest BCUT2D eigenvalue weighted by Gasteiger charge is 2.31. The summed E-state index contributed by atoms with van der Waals surface area (Å²) in [5.41, 5.74) is 1.29. The predicted octanol–water partition coefficient (Wildman–Crippen LogP) is 5.33. The molecular formula is C23H22Cl2N2O3S. The summed E-state index contributed by atoms with van der Waals surface area (Å²) in [6.07, 6.45) is 0.953. The van der Waals surface area contributed by atoms with E-state index in [9.17, 15) is 13.2 Å². The van der Waals surface area contributed by atoms with Gasteiger partial charge in [0.05, 0.1) is 5.75 Å². The largest absolute Gasteiger partial charge is 0.325 e. The van der Waals surface area contributed by atoms with Crippen LogP contribution in [0.3, 0.4) is 0 Å². The number of nitrogens with one attached hydrogen (secondary N) is 1. The Hall–Kier alpha value is -2.12. The summed E-state index contributed by atoms with van der Waals surface area (Å²) in [4.78, 5) is 12.8. The van der Waals surface area contributed by atoms with E-state index in [1.807, 2.05) is 42.5 Å². The molecule has 162 valence electrons. The fraction of sp³-hybridized carbons (Fsp3) is 0.261. The fourth-order valence-electron chi connectivity index (χ4n) is 3.89. The Morgan fingerprint density at radius 2 is 1.71 bits per heavy atom. The number of piperidine rings is 1. The van der Waals surface area contributed by atoms with Crippen molar-refractivity contribution in [1.29, 1.82) is 0 Å². The van der Waals surface area contributed by atoms with Crippen LogP contribution in [0.4, 0.5) is 5.69 Å². The van der Waals surface area contributed by atoms with Crippen molar-refractivity contribution in [3.05, 3.63) is 76.3 Å². The van der Waals surface area contributed by atoms with Crippen molar-refractivity contribution in [3.8, 4) is 0 Å². The van der Waals surface area contributed by atoms with Crippen LogP contribution >= 0.6 is 23.2 Å². The van der Waals surface area contributed by atoms with Crippen molar-refractivity contribution in [2.75, 3.05) is 18.4 Å². The number of hydrogen-bond acceptors (Lipinski definition) is 3. The molecule has 0 bridgehead atoms. The van der Waals surface area contributed by atoms with E-state index in [0.717, 1.165) is 16.5 Å². The number of fused-ring (bicyclic) bond motifs is 1. The van der Waals surface area contributed by atoms with Crippen molar-refractivity contribution < 1.29 is 13.2 Å². The molecule has 1 amide bonds. The maximum absolute atomic E-state index is 12.8. The number of carbonyl (C=O) groups is 1. The van der Waals surface area contributed by atoms with Gasteiger partial charge < -0.3 is 5.32 Å². The van der Waals surface area contributed by atoms with Crippen molar-refractivity contribution in [2.24, 2.45) is 5.92 Å². The minimum absolute atomic E-state index is 0.0749. The zero-order chi connectivity index (χ0) is 22.0. The molecular weight excluding hydrogens is 455 g/mol. The van der Waals surface area contributed by atoms with E-state index in [1.165, 1.54) is 10.4 Å². The van der Waals surface area contributed by atoms with E-state index in [0.29, 0.717) is 41.5 Å². The molecule has 1 saturated heterocycles. The Labute approximate surface area is 192 Å². The number of halogens is 2. The van der Waals surface area contributed by atoms with Gasteiger partial charge in [-0.1, -0.05) is 65.7 Å². The Bertz CT molecular complexity index is 1220. The second kappa shape index (κ2) is 9.17. The molecule has 0 saturated carbocycles. The van der Waals surface area contributed by atoms with E-state index in [-0.39, 0.29) is 17.6 Å². The Balaban J connectivity index is 1.39. The average Bonchev–Trinajstić information content (AvgIpc) is 2.76. The van der Waals surface area contributed by atoms with Crippen molar-refractivity contribution in [1.82, 2.24) is 4.31 Å². The van der Waals surface area contributed by atoms with Gasteiger partial charge in [-0.15, -0.1) is 0 Å². The predicted molar refractivity (Wildman–Crippen MR) is 126 cm³/mol. The number of nitrogens with zero attached hydrogens (tertiary/aromatic N) is 1. The number of carbonyl (C=O) groups excluding carboxylic acids is 1. The number of benzene rings is 3. The fourth-order valence-corrected chi connectivity index (χ4v) is 6.04. The Morgan fingerprint density at radius 1 is 1.00 bits per heavy atom. The van der Waals surface area contributed by atoms with Gasteiger partial charge in [-0.3, -0.25) is 4.79 Å². The minimum Gasteiger partial charge on any atom is -0.325 e. The van der Waals surface area contributed by atoms with Crippen LogP contribution < -0.4 is 5.32 Å². The summed E-state index contributed by atoms with van der Waals surface area (Å²) in [6.45, 7) is 0.613. The molecule has 8 heteroatoms. The first-order valence-electron chi connectivity index (χ1n) is 10.0. The Morgan fingerprint density at radius 3 is 2.45 bits per heavy atom. The number of amides is 1. The first-order chi connectivity index (χ1) is 14.8. The monoisotopic (exact) mass is 476 g/mol. The molecule has 1 heterocycles. The summed E-state index contributed by atoms with van der Waals surface area (Å²) < 4.78 is 27.1. The number of hydrogen-bond donors (Lipinski definition) is 1. The van der Waals surface area contributed by atoms with Crippen LogP contribution in [-0.4, -0.2) is 31.7 Å². The zero-order valence-electron chi connectivity index (χ0n) is 16.7. The van der Waals surface area contributed by atoms with E-state index in [4.69, 9.17) is 23.2 Å². The number of rotatable bonds is 5. The number of sulfonamides is 1. The van der Waals surface area contributed by atoms with Gasteiger partial charge in [-0.25, -0.2) is 12.7 Å². The molecule has 3 aromatic rings. The highest BCUT2D eigenvalue weighted by molar-refractivity contribution is 7.88. The summed E-state index contributed by atoms with van der Waals surface area (Å²) in [6, 6.07) is 18.5. The molecule has 0 aliphatic carbocycles. The number of anilines is 1. The molecule has 0 atom stereocenters. The topological polar surface area (TPSA) is 66.5 Å². The summed E-state index contributed by atoms with van der Waals surface area (Å²) in [7, 11) is -3.53. The van der Waals surface area contributed by atoms with Crippen LogP contribution in [0.25, 0.3) is 10.8 Å². The van der Waals surface area contributed by atoms with Crippen LogP contribution in [-0.2, 0) is 20.6 Å². The third kappa shape index (κ3) is 5.04. The van der Waals surface area contributed by atoms with Gasteiger partial charge in [-0.2, -0.15) is 0 Å². The normalized spacial score (nSPS) is 15.8. The van der Waals surface area contributed by atoms with Crippen molar-refractivity contribution in [3.63, 3.8) is 0 Å². The van der Waals surface area contributed by atoms with Gasteiger partial charge in [0.15, 0.2) is 0 Å². The lowest BCUT2D eigenvalue weighted by Crippen LogP contribution is -2.41. The summed E-state index contributed by atoms with van der Waals surface area (Å²) >= 11 is 12.0. The smallest absolute Gasteiger partial charge is 0.227 e. The van der Waals surface area contributed by atoms with E-state index >= 15 is 0 Å². The van der Waals surface area contributed by atoms with Crippen molar-refractivity contribution in [2.45, 2.75) is 18.6 Å². The summed E-state index contributed by atoms with van der Waals surface area (Å²) in [5, 5.41) is 5.86. The van der Waals surface area contributed by atoms with E-state index < -0.39 is 10.0 Å². The van der Waals surface area contributed by atoms with Crippen LogP contribution in [0.2, 0.25) is 10.0 Å². The van der Waals surface area contributed by atoms with E-state index in [1.54, 1.807) is 12.1 Å².